The van der Waals surface area contributed by atoms with Crippen LogP contribution in [-0.4, -0.2) is 35.6 Å². The first kappa shape index (κ1) is 10.5. The highest BCUT2D eigenvalue weighted by molar-refractivity contribution is 6.35. The molecule has 2 amide bonds. The van der Waals surface area contributed by atoms with Gasteiger partial charge in [-0.1, -0.05) is 0 Å². The number of nitrogens with one attached hydrogen (secondary N) is 2. The summed E-state index contributed by atoms with van der Waals surface area (Å²) >= 11 is 0. The van der Waals surface area contributed by atoms with Crippen LogP contribution in [0.4, 0.5) is 0 Å². The Hall–Kier alpha value is -1.61. The van der Waals surface area contributed by atoms with E-state index >= 15 is 0 Å². The topological polar surface area (TPSA) is 102 Å². The molecule has 0 heterocycles. The van der Waals surface area contributed by atoms with E-state index in [0.29, 0.717) is 12.8 Å². The highest BCUT2D eigenvalue weighted by Gasteiger charge is 2.29. The van der Waals surface area contributed by atoms with Gasteiger partial charge in [0.15, 0.2) is 0 Å². The molecule has 6 heteroatoms. The van der Waals surface area contributed by atoms with Crippen molar-refractivity contribution in [2.24, 2.45) is 0 Å². The van der Waals surface area contributed by atoms with Gasteiger partial charge in [0, 0.05) is 6.04 Å². The summed E-state index contributed by atoms with van der Waals surface area (Å²) in [6, 6.07) is 1.57. The van der Waals surface area contributed by atoms with Gasteiger partial charge in [0.05, 0.1) is 12.2 Å². The van der Waals surface area contributed by atoms with Crippen molar-refractivity contribution in [3.8, 4) is 6.07 Å². The molecule has 6 nitrogen and oxygen atoms in total. The van der Waals surface area contributed by atoms with Crippen molar-refractivity contribution < 1.29 is 14.7 Å². The summed E-state index contributed by atoms with van der Waals surface area (Å²) in [5, 5.41) is 21.6. The summed E-state index contributed by atoms with van der Waals surface area (Å²) in [4.78, 5) is 22.0. The van der Waals surface area contributed by atoms with Crippen LogP contribution in [0.3, 0.4) is 0 Å². The van der Waals surface area contributed by atoms with Crippen LogP contribution in [0.15, 0.2) is 0 Å². The van der Waals surface area contributed by atoms with Crippen LogP contribution >= 0.6 is 0 Å². The Kier molecular flexibility index (Phi) is 3.42. The number of hydrogen-bond acceptors (Lipinski definition) is 4. The molecule has 76 valence electrons. The third kappa shape index (κ3) is 2.71. The summed E-state index contributed by atoms with van der Waals surface area (Å²) < 4.78 is 0. The number of aliphatic hydroxyl groups excluding tert-OH is 1. The van der Waals surface area contributed by atoms with Crippen molar-refractivity contribution in [3.05, 3.63) is 0 Å². The number of carbonyl (C=O) groups is 2. The molecule has 0 saturated heterocycles. The Bertz CT molecular complexity index is 278. The average Bonchev–Trinajstić information content (AvgIpc) is 2.11. The van der Waals surface area contributed by atoms with Gasteiger partial charge in [0.25, 0.3) is 0 Å². The molecule has 1 fully saturated rings. The molecule has 0 atom stereocenters. The standard InChI is InChI=1S/C8H11N3O3/c9-1-2-10-7(13)8(14)11-5-3-6(12)4-5/h5-6,12H,2-4H2,(H,10,13)(H,11,14). The molecule has 1 saturated carbocycles. The number of amides is 2. The zero-order valence-electron chi connectivity index (χ0n) is 7.49. The fraction of sp³-hybridized carbons (Fsp3) is 0.625. The van der Waals surface area contributed by atoms with E-state index in [1.165, 1.54) is 0 Å². The summed E-state index contributed by atoms with van der Waals surface area (Å²) in [7, 11) is 0. The second-order valence-electron chi connectivity index (χ2n) is 3.14. The van der Waals surface area contributed by atoms with E-state index in [4.69, 9.17) is 10.4 Å². The summed E-state index contributed by atoms with van der Waals surface area (Å²) in [6.07, 6.45) is 0.594. The average molecular weight is 197 g/mol. The molecule has 0 bridgehead atoms. The first-order valence-corrected chi connectivity index (χ1v) is 4.27. The SMILES string of the molecule is N#CCNC(=O)C(=O)NC1CC(O)C1. The van der Waals surface area contributed by atoms with Crippen molar-refractivity contribution in [1.82, 2.24) is 10.6 Å². The van der Waals surface area contributed by atoms with Crippen LogP contribution < -0.4 is 10.6 Å². The maximum absolute atomic E-state index is 11.0. The molecule has 1 rings (SSSR count). The normalized spacial score (nSPS) is 24.3. The predicted molar refractivity (Wildman–Crippen MR) is 45.8 cm³/mol. The fourth-order valence-electron chi connectivity index (χ4n) is 1.16. The summed E-state index contributed by atoms with van der Waals surface area (Å²) in [6.45, 7) is -0.181. The molecule has 0 radical (unpaired) electrons. The fourth-order valence-corrected chi connectivity index (χ4v) is 1.16. The van der Waals surface area contributed by atoms with Gasteiger partial charge in [-0.25, -0.2) is 0 Å². The predicted octanol–water partition coefficient (Wildman–Crippen LogP) is -1.73. The van der Waals surface area contributed by atoms with E-state index in [-0.39, 0.29) is 18.7 Å². The Morgan fingerprint density at radius 1 is 1.43 bits per heavy atom. The molecule has 0 spiro atoms. The largest absolute Gasteiger partial charge is 0.393 e. The number of hydrogen-bond donors (Lipinski definition) is 3. The Balaban J connectivity index is 2.21. The monoisotopic (exact) mass is 197 g/mol. The van der Waals surface area contributed by atoms with Crippen molar-refractivity contribution in [1.29, 1.82) is 5.26 Å². The lowest BCUT2D eigenvalue weighted by Gasteiger charge is -2.31. The zero-order chi connectivity index (χ0) is 10.6. The Labute approximate surface area is 80.9 Å². The van der Waals surface area contributed by atoms with Crippen LogP contribution in [0.5, 0.6) is 0 Å². The van der Waals surface area contributed by atoms with E-state index in [0.717, 1.165) is 0 Å². The third-order valence-electron chi connectivity index (χ3n) is 1.98. The van der Waals surface area contributed by atoms with Gasteiger partial charge < -0.3 is 15.7 Å². The first-order chi connectivity index (χ1) is 6.63. The maximum atomic E-state index is 11.0. The van der Waals surface area contributed by atoms with E-state index < -0.39 is 11.8 Å². The van der Waals surface area contributed by atoms with Crippen molar-refractivity contribution in [2.75, 3.05) is 6.54 Å². The number of aliphatic hydroxyl groups is 1. The second-order valence-corrected chi connectivity index (χ2v) is 3.14. The van der Waals surface area contributed by atoms with E-state index in [1.54, 1.807) is 6.07 Å². The Morgan fingerprint density at radius 2 is 2.07 bits per heavy atom. The van der Waals surface area contributed by atoms with E-state index in [9.17, 15) is 9.59 Å². The Morgan fingerprint density at radius 3 is 2.57 bits per heavy atom. The molecule has 0 aliphatic heterocycles. The lowest BCUT2D eigenvalue weighted by molar-refractivity contribution is -0.140. The molecule has 3 N–H and O–H groups in total. The highest BCUT2D eigenvalue weighted by Crippen LogP contribution is 2.18. The zero-order valence-corrected chi connectivity index (χ0v) is 7.49. The lowest BCUT2D eigenvalue weighted by atomic mass is 9.89. The third-order valence-corrected chi connectivity index (χ3v) is 1.98. The molecule has 14 heavy (non-hydrogen) atoms. The summed E-state index contributed by atoms with van der Waals surface area (Å²) in [5.74, 6) is -1.56. The number of nitrogens with zero attached hydrogens (tertiary/aromatic N) is 1. The molecule has 0 aromatic carbocycles. The number of carbonyl (C=O) groups excluding carboxylic acids is 2. The molecule has 1 aliphatic rings. The molecule has 1 aliphatic carbocycles. The molecule has 0 aromatic heterocycles. The number of rotatable bonds is 2. The van der Waals surface area contributed by atoms with E-state index in [2.05, 4.69) is 10.6 Å². The quantitative estimate of drug-likeness (QED) is 0.361. The van der Waals surface area contributed by atoms with E-state index in [1.807, 2.05) is 0 Å². The van der Waals surface area contributed by atoms with Crippen molar-refractivity contribution in [3.63, 3.8) is 0 Å². The van der Waals surface area contributed by atoms with Gasteiger partial charge in [-0.05, 0) is 12.8 Å². The van der Waals surface area contributed by atoms with Gasteiger partial charge in [0.2, 0.25) is 0 Å². The van der Waals surface area contributed by atoms with Crippen molar-refractivity contribution in [2.45, 2.75) is 25.0 Å². The van der Waals surface area contributed by atoms with Gasteiger partial charge in [-0.2, -0.15) is 5.26 Å². The minimum atomic E-state index is -0.812. The second kappa shape index (κ2) is 4.58. The smallest absolute Gasteiger partial charge is 0.310 e. The van der Waals surface area contributed by atoms with Crippen molar-refractivity contribution >= 4 is 11.8 Å². The van der Waals surface area contributed by atoms with Crippen LogP contribution in [0.1, 0.15) is 12.8 Å². The van der Waals surface area contributed by atoms with Crippen LogP contribution in [0.25, 0.3) is 0 Å². The molecule has 0 aromatic rings. The van der Waals surface area contributed by atoms with Crippen LogP contribution in [-0.2, 0) is 9.59 Å². The number of nitriles is 1. The van der Waals surface area contributed by atoms with Gasteiger partial charge >= 0.3 is 11.8 Å². The molecular weight excluding hydrogens is 186 g/mol. The molecular formula is C8H11N3O3. The maximum Gasteiger partial charge on any atom is 0.310 e. The lowest BCUT2D eigenvalue weighted by Crippen LogP contribution is -2.51. The molecule has 0 unspecified atom stereocenters. The van der Waals surface area contributed by atoms with Crippen LogP contribution in [0, 0.1) is 11.3 Å². The minimum absolute atomic E-state index is 0.120. The minimum Gasteiger partial charge on any atom is -0.393 e. The van der Waals surface area contributed by atoms with Gasteiger partial charge in [0.1, 0.15) is 6.54 Å². The van der Waals surface area contributed by atoms with Crippen LogP contribution in [0.2, 0.25) is 0 Å². The summed E-state index contributed by atoms with van der Waals surface area (Å²) in [5.41, 5.74) is 0. The van der Waals surface area contributed by atoms with Gasteiger partial charge in [-0.15, -0.1) is 0 Å². The van der Waals surface area contributed by atoms with Gasteiger partial charge in [-0.3, -0.25) is 9.59 Å². The highest BCUT2D eigenvalue weighted by atomic mass is 16.3. The first-order valence-electron chi connectivity index (χ1n) is 4.27.